The van der Waals surface area contributed by atoms with Gasteiger partial charge in [-0.3, -0.25) is 9.59 Å². The molecule has 2 saturated heterocycles. The van der Waals surface area contributed by atoms with Crippen LogP contribution in [0.2, 0.25) is 5.15 Å². The van der Waals surface area contributed by atoms with E-state index in [1.807, 2.05) is 13.0 Å². The van der Waals surface area contributed by atoms with Gasteiger partial charge in [0.2, 0.25) is 0 Å². The third kappa shape index (κ3) is 2.17. The van der Waals surface area contributed by atoms with Crippen molar-refractivity contribution in [2.24, 2.45) is 11.8 Å². The van der Waals surface area contributed by atoms with Crippen LogP contribution in [0.15, 0.2) is 18.3 Å². The number of carbonyl (C=O) groups is 2. The molecule has 5 atom stereocenters. The number of hydrogen-bond acceptors (Lipinski definition) is 6. The Morgan fingerprint density at radius 1 is 1.16 bits per heavy atom. The van der Waals surface area contributed by atoms with Gasteiger partial charge in [0, 0.05) is 16.6 Å². The van der Waals surface area contributed by atoms with Crippen LogP contribution in [0.5, 0.6) is 0 Å². The van der Waals surface area contributed by atoms with Gasteiger partial charge in [-0.2, -0.15) is 0 Å². The number of ether oxygens (including phenoxy) is 1. The van der Waals surface area contributed by atoms with Crippen LogP contribution in [-0.4, -0.2) is 33.7 Å². The molecule has 2 aliphatic heterocycles. The average molecular weight is 375 g/mol. The highest BCUT2D eigenvalue weighted by Crippen LogP contribution is 2.52. The summed E-state index contributed by atoms with van der Waals surface area (Å²) in [5.41, 5.74) is 1.45. The fraction of sp³-hybridized carbons (Fsp3) is 0.444. The van der Waals surface area contributed by atoms with Gasteiger partial charge in [-0.25, -0.2) is 9.97 Å². The first-order chi connectivity index (χ1) is 12.0. The predicted octanol–water partition coefficient (Wildman–Crippen LogP) is 3.20. The number of rotatable bonds is 2. The number of pyridine rings is 1. The van der Waals surface area contributed by atoms with Crippen molar-refractivity contribution < 1.29 is 14.3 Å². The smallest absolute Gasteiger partial charge is 0.155 e. The van der Waals surface area contributed by atoms with Crippen molar-refractivity contribution in [3.05, 3.63) is 34.1 Å². The minimum absolute atomic E-state index is 0.00335. The summed E-state index contributed by atoms with van der Waals surface area (Å²) in [4.78, 5) is 35.6. The minimum Gasteiger partial charge on any atom is -0.373 e. The van der Waals surface area contributed by atoms with Crippen molar-refractivity contribution >= 4 is 34.5 Å². The molecule has 5 nitrogen and oxygen atoms in total. The molecule has 1 aliphatic carbocycles. The summed E-state index contributed by atoms with van der Waals surface area (Å²) in [5, 5.41) is 1.18. The minimum atomic E-state index is -0.729. The van der Waals surface area contributed by atoms with Crippen molar-refractivity contribution in [2.75, 3.05) is 0 Å². The largest absolute Gasteiger partial charge is 0.373 e. The van der Waals surface area contributed by atoms with Gasteiger partial charge < -0.3 is 4.74 Å². The number of carbonyl (C=O) groups excluding carboxylic acids is 2. The first-order valence-electron chi connectivity index (χ1n) is 8.37. The normalized spacial score (nSPS) is 33.3. The van der Waals surface area contributed by atoms with Gasteiger partial charge in [-0.1, -0.05) is 11.6 Å². The zero-order valence-electron chi connectivity index (χ0n) is 13.4. The molecule has 2 aromatic heterocycles. The zero-order valence-corrected chi connectivity index (χ0v) is 15.0. The lowest BCUT2D eigenvalue weighted by Gasteiger charge is -2.16. The first kappa shape index (κ1) is 15.6. The third-order valence-electron chi connectivity index (χ3n) is 5.58. The molecule has 0 spiro atoms. The van der Waals surface area contributed by atoms with Gasteiger partial charge in [0.15, 0.2) is 11.6 Å². The Labute approximate surface area is 153 Å². The number of ketones is 2. The predicted molar refractivity (Wildman–Crippen MR) is 92.7 cm³/mol. The van der Waals surface area contributed by atoms with Crippen LogP contribution in [0.1, 0.15) is 29.3 Å². The van der Waals surface area contributed by atoms with Crippen molar-refractivity contribution in [3.8, 4) is 10.6 Å². The second-order valence-electron chi connectivity index (χ2n) is 6.91. The summed E-state index contributed by atoms with van der Waals surface area (Å²) in [7, 11) is 0. The molecule has 3 fully saturated rings. The molecule has 3 aliphatic rings. The number of hydrogen-bond donors (Lipinski definition) is 0. The molecule has 1 saturated carbocycles. The van der Waals surface area contributed by atoms with E-state index in [1.54, 1.807) is 12.3 Å². The lowest BCUT2D eigenvalue weighted by Crippen LogP contribution is -2.29. The Morgan fingerprint density at radius 3 is 2.44 bits per heavy atom. The average Bonchev–Trinajstić information content (AvgIpc) is 3.33. The Kier molecular flexibility index (Phi) is 3.39. The van der Waals surface area contributed by atoms with Gasteiger partial charge in [0.05, 0.1) is 29.7 Å². The zero-order chi connectivity index (χ0) is 17.3. The number of halogens is 1. The molecule has 2 bridgehead atoms. The number of Topliss-reactive ketones (excluding diaryl/α,β-unsaturated/α-hetero) is 2. The molecule has 5 rings (SSSR count). The highest BCUT2D eigenvalue weighted by atomic mass is 35.5. The summed E-state index contributed by atoms with van der Waals surface area (Å²) in [6, 6.07) is 3.55. The second-order valence-corrected chi connectivity index (χ2v) is 8.50. The molecule has 7 heteroatoms. The maximum Gasteiger partial charge on any atom is 0.155 e. The van der Waals surface area contributed by atoms with Crippen molar-refractivity contribution in [1.82, 2.24) is 9.97 Å². The van der Waals surface area contributed by atoms with Gasteiger partial charge in [0.1, 0.15) is 16.1 Å². The summed E-state index contributed by atoms with van der Waals surface area (Å²) in [6.45, 7) is 1.92. The van der Waals surface area contributed by atoms with E-state index in [-0.39, 0.29) is 35.6 Å². The Hall–Kier alpha value is -1.63. The van der Waals surface area contributed by atoms with Crippen LogP contribution in [0, 0.1) is 18.8 Å². The highest BCUT2D eigenvalue weighted by Gasteiger charge is 2.63. The standard InChI is InChI=1S/C18H15ClN2O3S/c1-7-15(21-18(25-7)8-2-5-11(19)20-6-8)14-16(22)12-9-3-4-10(24-9)13(12)17(14)23/h2,5-6,9-10,12-14H,3-4H2,1H3/t9-,10+,12+,13-,14?. The molecule has 25 heavy (non-hydrogen) atoms. The summed E-state index contributed by atoms with van der Waals surface area (Å²) >= 11 is 7.32. The number of fused-ring (bicyclic) bond motifs is 5. The first-order valence-corrected chi connectivity index (χ1v) is 9.56. The summed E-state index contributed by atoms with van der Waals surface area (Å²) in [5.74, 6) is -1.27. The van der Waals surface area contributed by atoms with E-state index in [9.17, 15) is 9.59 Å². The van der Waals surface area contributed by atoms with E-state index in [0.29, 0.717) is 10.8 Å². The van der Waals surface area contributed by atoms with Crippen LogP contribution in [0.4, 0.5) is 0 Å². The number of nitrogens with zero attached hydrogens (tertiary/aromatic N) is 2. The van der Waals surface area contributed by atoms with Crippen LogP contribution in [0.3, 0.4) is 0 Å². The fourth-order valence-corrected chi connectivity index (χ4v) is 5.55. The quantitative estimate of drug-likeness (QED) is 0.596. The highest BCUT2D eigenvalue weighted by molar-refractivity contribution is 7.15. The molecule has 0 aromatic carbocycles. The molecule has 0 amide bonds. The molecule has 0 radical (unpaired) electrons. The lowest BCUT2D eigenvalue weighted by molar-refractivity contribution is -0.127. The molecule has 1 unspecified atom stereocenters. The van der Waals surface area contributed by atoms with Crippen LogP contribution in [-0.2, 0) is 14.3 Å². The lowest BCUT2D eigenvalue weighted by atomic mass is 9.81. The van der Waals surface area contributed by atoms with Gasteiger partial charge in [-0.05, 0) is 31.9 Å². The van der Waals surface area contributed by atoms with Gasteiger partial charge in [0.25, 0.3) is 0 Å². The Morgan fingerprint density at radius 2 is 1.84 bits per heavy atom. The number of aromatic nitrogens is 2. The van der Waals surface area contributed by atoms with E-state index >= 15 is 0 Å². The topological polar surface area (TPSA) is 69.2 Å². The van der Waals surface area contributed by atoms with E-state index in [0.717, 1.165) is 28.3 Å². The summed E-state index contributed by atoms with van der Waals surface area (Å²) in [6.07, 6.45) is 3.28. The maximum absolute atomic E-state index is 13.0. The monoisotopic (exact) mass is 374 g/mol. The molecular formula is C18H15ClN2O3S. The molecule has 128 valence electrons. The maximum atomic E-state index is 13.0. The van der Waals surface area contributed by atoms with E-state index in [1.165, 1.54) is 11.3 Å². The van der Waals surface area contributed by atoms with Crippen molar-refractivity contribution in [3.63, 3.8) is 0 Å². The van der Waals surface area contributed by atoms with E-state index in [4.69, 9.17) is 16.3 Å². The number of aryl methyl sites for hydroxylation is 1. The van der Waals surface area contributed by atoms with Crippen LogP contribution >= 0.6 is 22.9 Å². The Balaban J connectivity index is 1.53. The fourth-order valence-electron chi connectivity index (χ4n) is 4.50. The second kappa shape index (κ2) is 5.43. The third-order valence-corrected chi connectivity index (χ3v) is 6.84. The van der Waals surface area contributed by atoms with E-state index < -0.39 is 5.92 Å². The SMILES string of the molecule is Cc1sc(-c2ccc(Cl)nc2)nc1C1C(=O)[C@@H]2[C@H](C1=O)[C@@H]1CC[C@H]2O1. The van der Waals surface area contributed by atoms with Crippen LogP contribution in [0.25, 0.3) is 10.6 Å². The van der Waals surface area contributed by atoms with E-state index in [2.05, 4.69) is 9.97 Å². The molecular weight excluding hydrogens is 360 g/mol. The van der Waals surface area contributed by atoms with Crippen molar-refractivity contribution in [2.45, 2.75) is 37.9 Å². The van der Waals surface area contributed by atoms with Crippen molar-refractivity contribution in [1.29, 1.82) is 0 Å². The molecule has 4 heterocycles. The number of thiazole rings is 1. The van der Waals surface area contributed by atoms with Gasteiger partial charge >= 0.3 is 0 Å². The molecule has 2 aromatic rings. The van der Waals surface area contributed by atoms with Crippen LogP contribution < -0.4 is 0 Å². The van der Waals surface area contributed by atoms with Gasteiger partial charge in [-0.15, -0.1) is 11.3 Å². The summed E-state index contributed by atoms with van der Waals surface area (Å²) < 4.78 is 5.80. The Bertz CT molecular complexity index is 866. The molecule has 0 N–H and O–H groups in total.